The molecule has 0 radical (unpaired) electrons. The fourth-order valence-electron chi connectivity index (χ4n) is 2.84. The van der Waals surface area contributed by atoms with Crippen molar-refractivity contribution in [3.8, 4) is 0 Å². The van der Waals surface area contributed by atoms with Crippen LogP contribution >= 0.6 is 11.3 Å². The second-order valence-corrected chi connectivity index (χ2v) is 6.63. The van der Waals surface area contributed by atoms with Crippen molar-refractivity contribution in [3.63, 3.8) is 0 Å². The zero-order chi connectivity index (χ0) is 16.9. The van der Waals surface area contributed by atoms with Gasteiger partial charge in [0, 0.05) is 24.7 Å². The van der Waals surface area contributed by atoms with E-state index in [9.17, 15) is 9.18 Å². The van der Waals surface area contributed by atoms with E-state index in [0.29, 0.717) is 31.9 Å². The number of halogens is 1. The molecule has 0 saturated carbocycles. The van der Waals surface area contributed by atoms with Crippen LogP contribution < -0.4 is 5.32 Å². The van der Waals surface area contributed by atoms with Crippen LogP contribution in [0, 0.1) is 5.82 Å². The van der Waals surface area contributed by atoms with E-state index in [2.05, 4.69) is 10.3 Å². The molecular formula is C17H20FN3O2S. The molecular weight excluding hydrogens is 329 g/mol. The first-order valence-corrected chi connectivity index (χ1v) is 8.80. The average molecular weight is 349 g/mol. The van der Waals surface area contributed by atoms with Crippen molar-refractivity contribution in [1.29, 1.82) is 0 Å². The number of carbonyl (C=O) groups is 1. The number of thiazole rings is 1. The summed E-state index contributed by atoms with van der Waals surface area (Å²) < 4.78 is 19.0. The largest absolute Gasteiger partial charge is 0.379 e. The Morgan fingerprint density at radius 2 is 2.21 bits per heavy atom. The van der Waals surface area contributed by atoms with Crippen LogP contribution in [0.1, 0.15) is 29.6 Å². The fourth-order valence-corrected chi connectivity index (χ4v) is 3.49. The highest BCUT2D eigenvalue weighted by atomic mass is 32.1. The van der Waals surface area contributed by atoms with Gasteiger partial charge in [-0.15, -0.1) is 11.3 Å². The van der Waals surface area contributed by atoms with Crippen LogP contribution in [-0.2, 0) is 9.53 Å². The van der Waals surface area contributed by atoms with Gasteiger partial charge < -0.3 is 10.1 Å². The van der Waals surface area contributed by atoms with Gasteiger partial charge in [-0.3, -0.25) is 9.69 Å². The Kier molecular flexibility index (Phi) is 5.55. The van der Waals surface area contributed by atoms with Gasteiger partial charge in [0.15, 0.2) is 0 Å². The molecule has 5 nitrogen and oxygen atoms in total. The topological polar surface area (TPSA) is 54.5 Å². The van der Waals surface area contributed by atoms with E-state index >= 15 is 0 Å². The summed E-state index contributed by atoms with van der Waals surface area (Å²) in [5.41, 5.74) is 0.653. The molecule has 2 atom stereocenters. The zero-order valence-electron chi connectivity index (χ0n) is 13.4. The summed E-state index contributed by atoms with van der Waals surface area (Å²) in [6.07, 6.45) is 1.72. The summed E-state index contributed by atoms with van der Waals surface area (Å²) in [6.45, 7) is 4.32. The maximum atomic E-state index is 13.7. The third-order valence-corrected chi connectivity index (χ3v) is 4.96. The maximum Gasteiger partial charge on any atom is 0.242 e. The molecule has 1 aliphatic heterocycles. The van der Waals surface area contributed by atoms with Gasteiger partial charge in [0.25, 0.3) is 0 Å². The van der Waals surface area contributed by atoms with Crippen LogP contribution in [0.3, 0.4) is 0 Å². The molecule has 1 fully saturated rings. The van der Waals surface area contributed by atoms with Gasteiger partial charge in [0.05, 0.1) is 19.3 Å². The van der Waals surface area contributed by atoms with Crippen LogP contribution in [0.4, 0.5) is 4.39 Å². The van der Waals surface area contributed by atoms with Gasteiger partial charge >= 0.3 is 0 Å². The summed E-state index contributed by atoms with van der Waals surface area (Å²) in [5, 5.41) is 5.73. The summed E-state index contributed by atoms with van der Waals surface area (Å²) in [7, 11) is 0. The first-order chi connectivity index (χ1) is 11.6. The van der Waals surface area contributed by atoms with Crippen LogP contribution in [0.2, 0.25) is 0 Å². The number of benzene rings is 1. The second-order valence-electron chi connectivity index (χ2n) is 5.71. The molecule has 24 heavy (non-hydrogen) atoms. The van der Waals surface area contributed by atoms with Gasteiger partial charge in [-0.1, -0.05) is 12.1 Å². The fraction of sp³-hybridized carbons (Fsp3) is 0.412. The number of carbonyl (C=O) groups excluding carboxylic acids is 1. The number of aromatic nitrogens is 1. The average Bonchev–Trinajstić information content (AvgIpc) is 3.11. The third-order valence-electron chi connectivity index (χ3n) is 4.00. The minimum atomic E-state index is -0.535. The molecule has 1 amide bonds. The van der Waals surface area contributed by atoms with Gasteiger partial charge in [0.2, 0.25) is 5.91 Å². The number of hydrogen-bond acceptors (Lipinski definition) is 5. The Labute approximate surface area is 144 Å². The van der Waals surface area contributed by atoms with Gasteiger partial charge in [-0.05, 0) is 24.6 Å². The van der Waals surface area contributed by atoms with Crippen molar-refractivity contribution >= 4 is 17.2 Å². The van der Waals surface area contributed by atoms with Crippen molar-refractivity contribution in [1.82, 2.24) is 15.2 Å². The molecule has 1 aliphatic rings. The molecule has 0 bridgehead atoms. The number of nitrogens with zero attached hydrogens (tertiary/aromatic N) is 2. The second kappa shape index (κ2) is 7.83. The number of rotatable bonds is 5. The molecule has 2 heterocycles. The highest BCUT2D eigenvalue weighted by Crippen LogP contribution is 2.25. The standard InChI is InChI=1S/C17H20FN3O2S/c1-12(17-19-5-10-24-17)20-16(22)15(21-6-8-23-9-7-21)13-3-2-4-14(18)11-13/h2-5,10-12,15H,6-9H2,1H3,(H,20,22)/t12-,15-/m1/s1. The molecule has 0 aliphatic carbocycles. The Hall–Kier alpha value is -1.83. The van der Waals surface area contributed by atoms with Gasteiger partial charge in [-0.25, -0.2) is 9.37 Å². The summed E-state index contributed by atoms with van der Waals surface area (Å²) in [5.74, 6) is -0.489. The summed E-state index contributed by atoms with van der Waals surface area (Å²) in [4.78, 5) is 19.2. The SMILES string of the molecule is C[C@@H](NC(=O)[C@@H](c1cccc(F)c1)N1CCOCC1)c1nccs1. The number of nitrogens with one attached hydrogen (secondary N) is 1. The minimum absolute atomic E-state index is 0.148. The lowest BCUT2D eigenvalue weighted by Crippen LogP contribution is -2.46. The molecule has 2 aromatic rings. The van der Waals surface area contributed by atoms with E-state index in [1.165, 1.54) is 23.5 Å². The highest BCUT2D eigenvalue weighted by Gasteiger charge is 2.30. The monoisotopic (exact) mass is 349 g/mol. The Morgan fingerprint density at radius 3 is 2.88 bits per heavy atom. The lowest BCUT2D eigenvalue weighted by atomic mass is 10.0. The first-order valence-electron chi connectivity index (χ1n) is 7.92. The van der Waals surface area contributed by atoms with Crippen molar-refractivity contribution in [2.75, 3.05) is 26.3 Å². The Bertz CT molecular complexity index is 674. The van der Waals surface area contributed by atoms with Gasteiger partial charge in [-0.2, -0.15) is 0 Å². The number of amides is 1. The highest BCUT2D eigenvalue weighted by molar-refractivity contribution is 7.09. The number of morpholine rings is 1. The van der Waals surface area contributed by atoms with Gasteiger partial charge in [0.1, 0.15) is 16.9 Å². The smallest absolute Gasteiger partial charge is 0.242 e. The molecule has 7 heteroatoms. The molecule has 0 unspecified atom stereocenters. The molecule has 128 valence electrons. The lowest BCUT2D eigenvalue weighted by molar-refractivity contribution is -0.129. The molecule has 1 aromatic heterocycles. The van der Waals surface area contributed by atoms with Crippen LogP contribution in [0.15, 0.2) is 35.8 Å². The normalized spacial score (nSPS) is 18.1. The Balaban J connectivity index is 1.81. The van der Waals surface area contributed by atoms with E-state index in [-0.39, 0.29) is 17.8 Å². The van der Waals surface area contributed by atoms with E-state index in [1.54, 1.807) is 18.3 Å². The van der Waals surface area contributed by atoms with E-state index < -0.39 is 6.04 Å². The molecule has 3 rings (SSSR count). The summed E-state index contributed by atoms with van der Waals surface area (Å²) in [6, 6.07) is 5.51. The molecule has 1 N–H and O–H groups in total. The minimum Gasteiger partial charge on any atom is -0.379 e. The first kappa shape index (κ1) is 17.0. The van der Waals surface area contributed by atoms with Crippen molar-refractivity contribution in [3.05, 3.63) is 52.2 Å². The van der Waals surface area contributed by atoms with E-state index in [4.69, 9.17) is 4.74 Å². The zero-order valence-corrected chi connectivity index (χ0v) is 14.3. The van der Waals surface area contributed by atoms with Crippen LogP contribution in [0.5, 0.6) is 0 Å². The third kappa shape index (κ3) is 3.98. The number of hydrogen-bond donors (Lipinski definition) is 1. The van der Waals surface area contributed by atoms with E-state index in [1.807, 2.05) is 17.2 Å². The van der Waals surface area contributed by atoms with Crippen molar-refractivity contribution in [2.24, 2.45) is 0 Å². The number of ether oxygens (including phenoxy) is 1. The van der Waals surface area contributed by atoms with Crippen LogP contribution in [0.25, 0.3) is 0 Å². The predicted molar refractivity (Wildman–Crippen MR) is 90.2 cm³/mol. The quantitative estimate of drug-likeness (QED) is 0.901. The van der Waals surface area contributed by atoms with Crippen molar-refractivity contribution < 1.29 is 13.9 Å². The van der Waals surface area contributed by atoms with Crippen molar-refractivity contribution in [2.45, 2.75) is 19.0 Å². The lowest BCUT2D eigenvalue weighted by Gasteiger charge is -2.34. The van der Waals surface area contributed by atoms with E-state index in [0.717, 1.165) is 5.01 Å². The maximum absolute atomic E-state index is 13.7. The Morgan fingerprint density at radius 1 is 1.42 bits per heavy atom. The molecule has 1 aromatic carbocycles. The van der Waals surface area contributed by atoms with Crippen LogP contribution in [-0.4, -0.2) is 42.1 Å². The summed E-state index contributed by atoms with van der Waals surface area (Å²) >= 11 is 1.50. The molecule has 1 saturated heterocycles. The molecule has 0 spiro atoms. The predicted octanol–water partition coefficient (Wildman–Crippen LogP) is 2.53.